The standard InChI is InChI=1S/C15H15NO/c1-2-12-3-5-13(6-4-12)11-17-15-9-7-14(16)8-10-15/h2-10H,1,11,16H2. The SMILES string of the molecule is C=Cc1ccc(COc2ccc(N)cc2)cc1. The number of nitrogens with two attached hydrogens (primary N) is 1. The lowest BCUT2D eigenvalue weighted by Gasteiger charge is -2.06. The highest BCUT2D eigenvalue weighted by molar-refractivity contribution is 5.47. The third kappa shape index (κ3) is 3.11. The molecular formula is C15H15NO. The van der Waals surface area contributed by atoms with Crippen LogP contribution in [0.1, 0.15) is 11.1 Å². The second-order valence-corrected chi connectivity index (χ2v) is 3.80. The van der Waals surface area contributed by atoms with Crippen LogP contribution in [0, 0.1) is 0 Å². The van der Waals surface area contributed by atoms with Crippen LogP contribution in [0.25, 0.3) is 6.08 Å². The summed E-state index contributed by atoms with van der Waals surface area (Å²) in [5.41, 5.74) is 8.59. The first-order valence-corrected chi connectivity index (χ1v) is 5.47. The molecule has 2 aromatic carbocycles. The number of rotatable bonds is 4. The van der Waals surface area contributed by atoms with Gasteiger partial charge >= 0.3 is 0 Å². The molecule has 0 aromatic heterocycles. The van der Waals surface area contributed by atoms with Crippen molar-refractivity contribution in [3.05, 3.63) is 66.2 Å². The Bertz CT molecular complexity index is 485. The van der Waals surface area contributed by atoms with Gasteiger partial charge in [0.2, 0.25) is 0 Å². The minimum absolute atomic E-state index is 0.557. The first-order valence-electron chi connectivity index (χ1n) is 5.47. The van der Waals surface area contributed by atoms with Crippen LogP contribution in [0.15, 0.2) is 55.1 Å². The van der Waals surface area contributed by atoms with Gasteiger partial charge in [0, 0.05) is 5.69 Å². The number of hydrogen-bond acceptors (Lipinski definition) is 2. The molecule has 0 aliphatic heterocycles. The Balaban J connectivity index is 1.97. The predicted molar refractivity (Wildman–Crippen MR) is 71.7 cm³/mol. The maximum atomic E-state index is 5.64. The van der Waals surface area contributed by atoms with Gasteiger partial charge in [0.25, 0.3) is 0 Å². The molecule has 0 amide bonds. The molecule has 17 heavy (non-hydrogen) atoms. The van der Waals surface area contributed by atoms with Crippen molar-refractivity contribution in [2.24, 2.45) is 0 Å². The van der Waals surface area contributed by atoms with E-state index < -0.39 is 0 Å². The minimum Gasteiger partial charge on any atom is -0.489 e. The third-order valence-electron chi connectivity index (χ3n) is 2.50. The number of ether oxygens (including phenoxy) is 1. The Morgan fingerprint density at radius 2 is 1.65 bits per heavy atom. The topological polar surface area (TPSA) is 35.2 Å². The van der Waals surface area contributed by atoms with Crippen molar-refractivity contribution in [2.45, 2.75) is 6.61 Å². The van der Waals surface area contributed by atoms with Gasteiger partial charge in [-0.3, -0.25) is 0 Å². The van der Waals surface area contributed by atoms with Crippen molar-refractivity contribution in [3.63, 3.8) is 0 Å². The van der Waals surface area contributed by atoms with Gasteiger partial charge in [-0.2, -0.15) is 0 Å². The minimum atomic E-state index is 0.557. The molecule has 2 N–H and O–H groups in total. The van der Waals surface area contributed by atoms with E-state index in [1.807, 2.05) is 54.6 Å². The summed E-state index contributed by atoms with van der Waals surface area (Å²) in [7, 11) is 0. The normalized spacial score (nSPS) is 9.88. The molecule has 0 atom stereocenters. The quantitative estimate of drug-likeness (QED) is 0.808. The number of nitrogen functional groups attached to an aromatic ring is 1. The lowest BCUT2D eigenvalue weighted by atomic mass is 10.1. The Hall–Kier alpha value is -2.22. The third-order valence-corrected chi connectivity index (χ3v) is 2.50. The largest absolute Gasteiger partial charge is 0.489 e. The lowest BCUT2D eigenvalue weighted by molar-refractivity contribution is 0.306. The molecule has 86 valence electrons. The molecule has 0 aliphatic rings. The van der Waals surface area contributed by atoms with Gasteiger partial charge < -0.3 is 10.5 Å². The summed E-state index contributed by atoms with van der Waals surface area (Å²) in [5.74, 6) is 0.826. The molecule has 2 nitrogen and oxygen atoms in total. The maximum Gasteiger partial charge on any atom is 0.119 e. The first-order chi connectivity index (χ1) is 8.28. The Kier molecular flexibility index (Phi) is 3.46. The highest BCUT2D eigenvalue weighted by Gasteiger charge is 1.96. The zero-order valence-electron chi connectivity index (χ0n) is 9.60. The van der Waals surface area contributed by atoms with Crippen LogP contribution >= 0.6 is 0 Å². The zero-order valence-corrected chi connectivity index (χ0v) is 9.60. The lowest BCUT2D eigenvalue weighted by Crippen LogP contribution is -1.95. The van der Waals surface area contributed by atoms with Crippen LogP contribution in [0.5, 0.6) is 5.75 Å². The van der Waals surface area contributed by atoms with Crippen molar-refractivity contribution in [1.29, 1.82) is 0 Å². The molecule has 0 fully saturated rings. The smallest absolute Gasteiger partial charge is 0.119 e. The highest BCUT2D eigenvalue weighted by Crippen LogP contribution is 2.15. The maximum absolute atomic E-state index is 5.64. The van der Waals surface area contributed by atoms with E-state index in [0.717, 1.165) is 22.6 Å². The van der Waals surface area contributed by atoms with Crippen molar-refractivity contribution in [3.8, 4) is 5.75 Å². The molecule has 0 unspecified atom stereocenters. The van der Waals surface area contributed by atoms with E-state index in [0.29, 0.717) is 6.61 Å². The molecule has 0 bridgehead atoms. The fourth-order valence-electron chi connectivity index (χ4n) is 1.48. The average Bonchev–Trinajstić information content (AvgIpc) is 2.39. The van der Waals surface area contributed by atoms with Gasteiger partial charge in [0.15, 0.2) is 0 Å². The van der Waals surface area contributed by atoms with Crippen molar-refractivity contribution in [1.82, 2.24) is 0 Å². The first kappa shape index (κ1) is 11.3. The second-order valence-electron chi connectivity index (χ2n) is 3.80. The van der Waals surface area contributed by atoms with E-state index in [1.54, 1.807) is 0 Å². The van der Waals surface area contributed by atoms with Gasteiger partial charge in [-0.1, -0.05) is 36.9 Å². The Morgan fingerprint density at radius 3 is 2.24 bits per heavy atom. The monoisotopic (exact) mass is 225 g/mol. The average molecular weight is 225 g/mol. The molecule has 0 heterocycles. The predicted octanol–water partition coefficient (Wildman–Crippen LogP) is 3.49. The van der Waals surface area contributed by atoms with Crippen LogP contribution in [0.3, 0.4) is 0 Å². The van der Waals surface area contributed by atoms with E-state index in [2.05, 4.69) is 6.58 Å². The number of benzene rings is 2. The molecular weight excluding hydrogens is 210 g/mol. The molecule has 0 saturated carbocycles. The van der Waals surface area contributed by atoms with Crippen LogP contribution in [0.4, 0.5) is 5.69 Å². The van der Waals surface area contributed by atoms with E-state index in [9.17, 15) is 0 Å². The Labute approximate surface area is 101 Å². The summed E-state index contributed by atoms with van der Waals surface area (Å²) >= 11 is 0. The summed E-state index contributed by atoms with van der Waals surface area (Å²) in [5, 5.41) is 0. The fourth-order valence-corrected chi connectivity index (χ4v) is 1.48. The van der Waals surface area contributed by atoms with Gasteiger partial charge in [0.05, 0.1) is 0 Å². The van der Waals surface area contributed by atoms with Crippen molar-refractivity contribution < 1.29 is 4.74 Å². The number of hydrogen-bond donors (Lipinski definition) is 1. The highest BCUT2D eigenvalue weighted by atomic mass is 16.5. The molecule has 2 heteroatoms. The van der Waals surface area contributed by atoms with E-state index in [-0.39, 0.29) is 0 Å². The summed E-state index contributed by atoms with van der Waals surface area (Å²) in [6.45, 7) is 4.28. The van der Waals surface area contributed by atoms with E-state index >= 15 is 0 Å². The number of anilines is 1. The summed E-state index contributed by atoms with van der Waals surface area (Å²) in [4.78, 5) is 0. The molecule has 0 aliphatic carbocycles. The second kappa shape index (κ2) is 5.21. The summed E-state index contributed by atoms with van der Waals surface area (Å²) < 4.78 is 5.64. The molecule has 0 saturated heterocycles. The molecule has 2 aromatic rings. The van der Waals surface area contributed by atoms with Crippen LogP contribution < -0.4 is 10.5 Å². The molecule has 0 radical (unpaired) electrons. The summed E-state index contributed by atoms with van der Waals surface area (Å²) in [6, 6.07) is 15.5. The van der Waals surface area contributed by atoms with E-state index in [1.165, 1.54) is 0 Å². The van der Waals surface area contributed by atoms with Crippen LogP contribution in [-0.4, -0.2) is 0 Å². The fraction of sp³-hybridized carbons (Fsp3) is 0.0667. The summed E-state index contributed by atoms with van der Waals surface area (Å²) in [6.07, 6.45) is 1.82. The van der Waals surface area contributed by atoms with Gasteiger partial charge in [-0.15, -0.1) is 0 Å². The van der Waals surface area contributed by atoms with Gasteiger partial charge in [-0.25, -0.2) is 0 Å². The van der Waals surface area contributed by atoms with Crippen LogP contribution in [0.2, 0.25) is 0 Å². The van der Waals surface area contributed by atoms with Crippen molar-refractivity contribution >= 4 is 11.8 Å². The van der Waals surface area contributed by atoms with Gasteiger partial charge in [0.1, 0.15) is 12.4 Å². The van der Waals surface area contributed by atoms with E-state index in [4.69, 9.17) is 10.5 Å². The van der Waals surface area contributed by atoms with Crippen LogP contribution in [-0.2, 0) is 6.61 Å². The Morgan fingerprint density at radius 1 is 1.00 bits per heavy atom. The molecule has 0 spiro atoms. The van der Waals surface area contributed by atoms with Gasteiger partial charge in [-0.05, 0) is 35.4 Å². The zero-order chi connectivity index (χ0) is 12.1. The molecule has 2 rings (SSSR count). The van der Waals surface area contributed by atoms with Crippen molar-refractivity contribution in [2.75, 3.05) is 5.73 Å².